The highest BCUT2D eigenvalue weighted by Gasteiger charge is 2.20. The van der Waals surface area contributed by atoms with E-state index in [1.807, 2.05) is 0 Å². The Morgan fingerprint density at radius 2 is 1.92 bits per heavy atom. The molecule has 2 heteroatoms. The van der Waals surface area contributed by atoms with Crippen molar-refractivity contribution in [2.45, 2.75) is 46.1 Å². The Morgan fingerprint density at radius 3 is 2.46 bits per heavy atom. The average molecular weight is 184 g/mol. The Bertz CT molecular complexity index is 125. The quantitative estimate of drug-likeness (QED) is 0.604. The summed E-state index contributed by atoms with van der Waals surface area (Å²) in [7, 11) is 0. The van der Waals surface area contributed by atoms with Crippen molar-refractivity contribution in [2.24, 2.45) is 11.8 Å². The van der Waals surface area contributed by atoms with Gasteiger partial charge in [0.2, 0.25) is 0 Å². The van der Waals surface area contributed by atoms with E-state index in [1.54, 1.807) is 0 Å². The third kappa shape index (κ3) is 4.41. The molecule has 1 aliphatic heterocycles. The van der Waals surface area contributed by atoms with Crippen molar-refractivity contribution in [1.29, 1.82) is 5.41 Å². The predicted octanol–water partition coefficient (Wildman–Crippen LogP) is 2.69. The van der Waals surface area contributed by atoms with Crippen LogP contribution in [0.1, 0.15) is 40.0 Å². The maximum absolute atomic E-state index is 5.50. The van der Waals surface area contributed by atoms with Crippen LogP contribution in [0.5, 0.6) is 0 Å². The second-order valence-electron chi connectivity index (χ2n) is 4.03. The maximum atomic E-state index is 5.50. The van der Waals surface area contributed by atoms with E-state index in [0.717, 1.165) is 17.9 Å². The van der Waals surface area contributed by atoms with E-state index >= 15 is 0 Å². The Labute approximate surface area is 82.6 Å². The van der Waals surface area contributed by atoms with Crippen molar-refractivity contribution in [1.82, 2.24) is 5.32 Å². The van der Waals surface area contributed by atoms with E-state index < -0.39 is 0 Å². The molecule has 13 heavy (non-hydrogen) atoms. The van der Waals surface area contributed by atoms with Crippen molar-refractivity contribution in [2.75, 3.05) is 6.54 Å². The monoisotopic (exact) mass is 184 g/mol. The summed E-state index contributed by atoms with van der Waals surface area (Å²) in [5, 5.41) is 9.06. The number of nitrogens with one attached hydrogen (secondary N) is 2. The highest BCUT2D eigenvalue weighted by molar-refractivity contribution is 5.15. The molecule has 0 aromatic carbocycles. The van der Waals surface area contributed by atoms with Crippen LogP contribution in [0.25, 0.3) is 0 Å². The fraction of sp³-hybridized carbons (Fsp3) is 0.909. The lowest BCUT2D eigenvalue weighted by Gasteiger charge is -2.18. The normalized spacial score (nSPS) is 34.2. The van der Waals surface area contributed by atoms with Crippen LogP contribution < -0.4 is 5.32 Å². The fourth-order valence-corrected chi connectivity index (χ4v) is 2.01. The molecule has 2 N–H and O–H groups in total. The Balaban J connectivity index is 0.000000671. The summed E-state index contributed by atoms with van der Waals surface area (Å²) in [6.45, 7) is 10.7. The van der Waals surface area contributed by atoms with Crippen LogP contribution in [-0.4, -0.2) is 19.3 Å². The predicted molar refractivity (Wildman–Crippen MR) is 59.5 cm³/mol. The SMILES string of the molecule is C=N.CCC1CCC(C)NCC1C. The Kier molecular flexibility index (Phi) is 6.87. The van der Waals surface area contributed by atoms with Gasteiger partial charge in [0.05, 0.1) is 0 Å². The lowest BCUT2D eigenvalue weighted by atomic mass is 9.88. The molecule has 0 aromatic rings. The standard InChI is InChI=1S/C10H21N.CH3N/c1-4-10-6-5-9(3)11-7-8(10)2;1-2/h8-11H,4-7H2,1-3H3;2H,1H2. The Morgan fingerprint density at radius 1 is 1.31 bits per heavy atom. The summed E-state index contributed by atoms with van der Waals surface area (Å²) in [6, 6.07) is 0.744. The molecule has 3 atom stereocenters. The van der Waals surface area contributed by atoms with Gasteiger partial charge in [0.15, 0.2) is 0 Å². The number of hydrogen-bond acceptors (Lipinski definition) is 2. The van der Waals surface area contributed by atoms with Crippen molar-refractivity contribution >= 4 is 6.72 Å². The van der Waals surface area contributed by atoms with E-state index in [1.165, 1.54) is 25.8 Å². The molecule has 78 valence electrons. The molecule has 0 saturated carbocycles. The van der Waals surface area contributed by atoms with Crippen molar-refractivity contribution in [3.05, 3.63) is 0 Å². The van der Waals surface area contributed by atoms with Gasteiger partial charge in [-0.15, -0.1) is 0 Å². The smallest absolute Gasteiger partial charge is 0.00389 e. The molecule has 0 aromatic heterocycles. The van der Waals surface area contributed by atoms with Gasteiger partial charge in [-0.2, -0.15) is 0 Å². The summed E-state index contributed by atoms with van der Waals surface area (Å²) in [6.07, 6.45) is 4.14. The van der Waals surface area contributed by atoms with Gasteiger partial charge in [0.25, 0.3) is 0 Å². The lowest BCUT2D eigenvalue weighted by molar-refractivity contribution is 0.342. The van der Waals surface area contributed by atoms with E-state index in [2.05, 4.69) is 32.8 Å². The first kappa shape index (κ1) is 12.6. The second kappa shape index (κ2) is 7.07. The maximum Gasteiger partial charge on any atom is 0.00389 e. The molecular formula is C11H24N2. The third-order valence-corrected chi connectivity index (χ3v) is 3.09. The van der Waals surface area contributed by atoms with Gasteiger partial charge in [0.1, 0.15) is 0 Å². The first-order chi connectivity index (χ1) is 6.24. The molecule has 0 bridgehead atoms. The summed E-state index contributed by atoms with van der Waals surface area (Å²) in [5.41, 5.74) is 0. The molecule has 1 heterocycles. The topological polar surface area (TPSA) is 35.9 Å². The summed E-state index contributed by atoms with van der Waals surface area (Å²) >= 11 is 0. The van der Waals surface area contributed by atoms with Crippen molar-refractivity contribution in [3.63, 3.8) is 0 Å². The van der Waals surface area contributed by atoms with Gasteiger partial charge in [-0.05, 0) is 44.9 Å². The minimum Gasteiger partial charge on any atom is -0.317 e. The summed E-state index contributed by atoms with van der Waals surface area (Å²) in [5.74, 6) is 1.84. The third-order valence-electron chi connectivity index (χ3n) is 3.09. The van der Waals surface area contributed by atoms with Crippen LogP contribution in [0.2, 0.25) is 0 Å². The molecule has 1 aliphatic rings. The van der Waals surface area contributed by atoms with Crippen LogP contribution in [-0.2, 0) is 0 Å². The molecule has 1 saturated heterocycles. The summed E-state index contributed by atoms with van der Waals surface area (Å²) in [4.78, 5) is 0. The first-order valence-corrected chi connectivity index (χ1v) is 5.32. The highest BCUT2D eigenvalue weighted by atomic mass is 14.9. The molecule has 1 fully saturated rings. The minimum atomic E-state index is 0.744. The molecular weight excluding hydrogens is 160 g/mol. The van der Waals surface area contributed by atoms with Crippen molar-refractivity contribution in [3.8, 4) is 0 Å². The van der Waals surface area contributed by atoms with E-state index in [-0.39, 0.29) is 0 Å². The number of rotatable bonds is 1. The molecule has 3 unspecified atom stereocenters. The fourth-order valence-electron chi connectivity index (χ4n) is 2.01. The highest BCUT2D eigenvalue weighted by Crippen LogP contribution is 2.24. The van der Waals surface area contributed by atoms with Gasteiger partial charge in [0, 0.05) is 6.04 Å². The van der Waals surface area contributed by atoms with Crippen LogP contribution in [0.3, 0.4) is 0 Å². The minimum absolute atomic E-state index is 0.744. The molecule has 1 rings (SSSR count). The molecule has 2 nitrogen and oxygen atoms in total. The largest absolute Gasteiger partial charge is 0.317 e. The van der Waals surface area contributed by atoms with Crippen LogP contribution in [0, 0.1) is 17.2 Å². The molecule has 0 aliphatic carbocycles. The van der Waals surface area contributed by atoms with Crippen molar-refractivity contribution < 1.29 is 0 Å². The van der Waals surface area contributed by atoms with Gasteiger partial charge < -0.3 is 10.7 Å². The van der Waals surface area contributed by atoms with E-state index in [0.29, 0.717) is 0 Å². The van der Waals surface area contributed by atoms with Crippen LogP contribution in [0.4, 0.5) is 0 Å². The summed E-state index contributed by atoms with van der Waals surface area (Å²) < 4.78 is 0. The molecule has 0 amide bonds. The zero-order valence-corrected chi connectivity index (χ0v) is 9.27. The second-order valence-corrected chi connectivity index (χ2v) is 4.03. The average Bonchev–Trinajstić information content (AvgIpc) is 2.33. The zero-order chi connectivity index (χ0) is 10.3. The molecule has 0 radical (unpaired) electrons. The van der Waals surface area contributed by atoms with Gasteiger partial charge in [-0.1, -0.05) is 20.3 Å². The van der Waals surface area contributed by atoms with Crippen LogP contribution >= 0.6 is 0 Å². The number of hydrogen-bond donors (Lipinski definition) is 2. The molecule has 0 spiro atoms. The van der Waals surface area contributed by atoms with Gasteiger partial charge in [-0.25, -0.2) is 0 Å². The van der Waals surface area contributed by atoms with Gasteiger partial charge >= 0.3 is 0 Å². The lowest BCUT2D eigenvalue weighted by Crippen LogP contribution is -2.28. The van der Waals surface area contributed by atoms with E-state index in [9.17, 15) is 0 Å². The van der Waals surface area contributed by atoms with E-state index in [4.69, 9.17) is 5.41 Å². The zero-order valence-electron chi connectivity index (χ0n) is 9.27. The Hall–Kier alpha value is -0.370. The first-order valence-electron chi connectivity index (χ1n) is 5.32. The van der Waals surface area contributed by atoms with Crippen LogP contribution in [0.15, 0.2) is 0 Å². The van der Waals surface area contributed by atoms with Gasteiger partial charge in [-0.3, -0.25) is 0 Å².